The van der Waals surface area contributed by atoms with E-state index in [9.17, 15) is 0 Å². The Morgan fingerprint density at radius 1 is 1.05 bits per heavy atom. The van der Waals surface area contributed by atoms with Gasteiger partial charge in [0.05, 0.1) is 6.61 Å². The van der Waals surface area contributed by atoms with Crippen LogP contribution in [0.25, 0.3) is 0 Å². The van der Waals surface area contributed by atoms with E-state index in [4.69, 9.17) is 15.5 Å². The maximum atomic E-state index is 8.58. The number of nitrogens with two attached hydrogens (primary N) is 1. The molecular weight excluding hydrogens is 297 g/mol. The summed E-state index contributed by atoms with van der Waals surface area (Å²) in [5, 5.41) is 0. The van der Waals surface area contributed by atoms with E-state index in [1.165, 1.54) is 6.42 Å². The average molecular weight is 337 g/mol. The van der Waals surface area contributed by atoms with Crippen LogP contribution in [0.1, 0.15) is 74.7 Å². The van der Waals surface area contributed by atoms with Gasteiger partial charge in [-0.2, -0.15) is 0 Å². The third-order valence-electron chi connectivity index (χ3n) is 2.51. The molecule has 0 rings (SSSR count). The van der Waals surface area contributed by atoms with Crippen molar-refractivity contribution < 1.29 is 14.3 Å². The lowest BCUT2D eigenvalue weighted by Crippen LogP contribution is -2.24. The molecule has 0 spiro atoms. The summed E-state index contributed by atoms with van der Waals surface area (Å²) in [6.45, 7) is 17.2. The van der Waals surface area contributed by atoms with Crippen LogP contribution in [0.15, 0.2) is 12.2 Å². The number of allylic oxidation sites excluding steroid dienone is 1. The molecule has 0 saturated carbocycles. The summed E-state index contributed by atoms with van der Waals surface area (Å²) in [5.74, 6) is 0.663. The van der Waals surface area contributed by atoms with Crippen LogP contribution >= 0.6 is 8.60 Å². The Bertz CT molecular complexity index is 241. The molecule has 0 amide bonds. The molecule has 136 valence electrons. The van der Waals surface area contributed by atoms with Crippen LogP contribution in [-0.4, -0.2) is 22.4 Å². The van der Waals surface area contributed by atoms with Crippen LogP contribution in [0.3, 0.4) is 0 Å². The molecule has 0 aliphatic rings. The van der Waals surface area contributed by atoms with Gasteiger partial charge >= 0.3 is 8.60 Å². The molecule has 2 unspecified atom stereocenters. The highest BCUT2D eigenvalue weighted by atomic mass is 31.2. The minimum atomic E-state index is -2.28. The Morgan fingerprint density at radius 3 is 1.91 bits per heavy atom. The van der Waals surface area contributed by atoms with Crippen molar-refractivity contribution in [1.29, 1.82) is 0 Å². The maximum absolute atomic E-state index is 8.58. The first-order valence-electron chi connectivity index (χ1n) is 8.42. The van der Waals surface area contributed by atoms with Crippen molar-refractivity contribution in [2.75, 3.05) is 6.61 Å². The van der Waals surface area contributed by atoms with Gasteiger partial charge in [0, 0.05) is 6.04 Å². The van der Waals surface area contributed by atoms with Gasteiger partial charge in [0.25, 0.3) is 0 Å². The first kappa shape index (κ1) is 26.9. The lowest BCUT2D eigenvalue weighted by molar-refractivity contribution is 0.238. The van der Waals surface area contributed by atoms with E-state index in [1.807, 2.05) is 33.8 Å². The predicted octanol–water partition coefficient (Wildman–Crippen LogP) is 5.00. The monoisotopic (exact) mass is 337 g/mol. The second-order valence-electron chi connectivity index (χ2n) is 6.12. The van der Waals surface area contributed by atoms with Crippen molar-refractivity contribution in [2.24, 2.45) is 17.1 Å². The fraction of sp³-hybridized carbons (Fsp3) is 0.882. The number of rotatable bonds is 8. The lowest BCUT2D eigenvalue weighted by Gasteiger charge is -2.22. The second kappa shape index (κ2) is 17.4. The Kier molecular flexibility index (Phi) is 21.2. The van der Waals surface area contributed by atoms with Crippen molar-refractivity contribution in [2.45, 2.75) is 80.7 Å². The Labute approximate surface area is 140 Å². The van der Waals surface area contributed by atoms with Crippen molar-refractivity contribution in [3.8, 4) is 0 Å². The van der Waals surface area contributed by atoms with Crippen molar-refractivity contribution in [3.63, 3.8) is 0 Å². The van der Waals surface area contributed by atoms with Gasteiger partial charge in [0.1, 0.15) is 0 Å². The number of hydrogen-bond donors (Lipinski definition) is 3. The predicted molar refractivity (Wildman–Crippen MR) is 99.6 cm³/mol. The highest BCUT2D eigenvalue weighted by Gasteiger charge is 2.14. The largest absolute Gasteiger partial charge is 0.328 e. The first-order valence-corrected chi connectivity index (χ1v) is 9.58. The molecule has 0 aliphatic carbocycles. The van der Waals surface area contributed by atoms with E-state index in [1.54, 1.807) is 0 Å². The molecule has 0 fully saturated rings. The van der Waals surface area contributed by atoms with Gasteiger partial charge in [-0.05, 0) is 30.6 Å². The maximum Gasteiger partial charge on any atom is 0.327 e. The summed E-state index contributed by atoms with van der Waals surface area (Å²) < 4.78 is 4.66. The first-order chi connectivity index (χ1) is 10.2. The highest BCUT2D eigenvalue weighted by Crippen LogP contribution is 2.26. The Morgan fingerprint density at radius 2 is 1.50 bits per heavy atom. The standard InChI is InChI=1S/C13H28NO3P.2C2H6/c1-11(9-13(2,3)4)7-5-6-8-12(14)10-17-18(15)16;2*1-2/h5-6,11-12,15-16H,7-10,14H2,1-4H3;2*1-2H3/b6-5+;;. The SMILES string of the molecule is CC.CC.CC(C/C=C/CC(N)COP(O)O)CC(C)(C)C. The molecule has 5 heteroatoms. The summed E-state index contributed by atoms with van der Waals surface area (Å²) in [7, 11) is -2.28. The van der Waals surface area contributed by atoms with Crippen LogP contribution in [0.5, 0.6) is 0 Å². The quantitative estimate of drug-likeness (QED) is 0.430. The van der Waals surface area contributed by atoms with Crippen LogP contribution in [-0.2, 0) is 4.52 Å². The topological polar surface area (TPSA) is 75.7 Å². The van der Waals surface area contributed by atoms with E-state index in [-0.39, 0.29) is 12.6 Å². The third kappa shape index (κ3) is 25.0. The van der Waals surface area contributed by atoms with Gasteiger partial charge in [-0.15, -0.1) is 0 Å². The lowest BCUT2D eigenvalue weighted by atomic mass is 9.84. The van der Waals surface area contributed by atoms with Crippen LogP contribution in [0, 0.1) is 11.3 Å². The molecule has 0 bridgehead atoms. The van der Waals surface area contributed by atoms with E-state index < -0.39 is 8.60 Å². The van der Waals surface area contributed by atoms with Crippen molar-refractivity contribution in [3.05, 3.63) is 12.2 Å². The normalized spacial score (nSPS) is 14.0. The molecule has 0 heterocycles. The van der Waals surface area contributed by atoms with Crippen LogP contribution in [0.4, 0.5) is 0 Å². The summed E-state index contributed by atoms with van der Waals surface area (Å²) in [6.07, 6.45) is 7.15. The second-order valence-corrected chi connectivity index (χ2v) is 6.89. The minimum absolute atomic E-state index is 0.177. The van der Waals surface area contributed by atoms with Crippen molar-refractivity contribution >= 4 is 8.60 Å². The highest BCUT2D eigenvalue weighted by molar-refractivity contribution is 7.39. The molecular formula is C17H40NO3P. The summed E-state index contributed by atoms with van der Waals surface area (Å²) in [4.78, 5) is 17.2. The number of hydrogen-bond acceptors (Lipinski definition) is 4. The molecule has 0 radical (unpaired) electrons. The minimum Gasteiger partial charge on any atom is -0.328 e. The molecule has 22 heavy (non-hydrogen) atoms. The zero-order chi connectivity index (χ0) is 18.2. The summed E-state index contributed by atoms with van der Waals surface area (Å²) in [5.41, 5.74) is 6.12. The Balaban J connectivity index is -0.000000826. The van der Waals surface area contributed by atoms with Gasteiger partial charge in [0.2, 0.25) is 0 Å². The average Bonchev–Trinajstić information content (AvgIpc) is 2.44. The van der Waals surface area contributed by atoms with Crippen LogP contribution < -0.4 is 5.73 Å². The zero-order valence-corrected chi connectivity index (χ0v) is 16.9. The van der Waals surface area contributed by atoms with E-state index in [2.05, 4.69) is 38.3 Å². The van der Waals surface area contributed by atoms with E-state index >= 15 is 0 Å². The molecule has 0 aromatic rings. The zero-order valence-electron chi connectivity index (χ0n) is 16.0. The van der Waals surface area contributed by atoms with Crippen molar-refractivity contribution in [1.82, 2.24) is 0 Å². The van der Waals surface area contributed by atoms with Gasteiger partial charge in [-0.3, -0.25) is 0 Å². The fourth-order valence-corrected chi connectivity index (χ4v) is 2.28. The molecule has 2 atom stereocenters. The van der Waals surface area contributed by atoms with Gasteiger partial charge in [0.15, 0.2) is 0 Å². The summed E-state index contributed by atoms with van der Waals surface area (Å²) in [6, 6.07) is -0.177. The Hall–Kier alpha value is 0.0100. The third-order valence-corrected chi connectivity index (χ3v) is 2.89. The van der Waals surface area contributed by atoms with E-state index in [0.29, 0.717) is 17.8 Å². The van der Waals surface area contributed by atoms with E-state index in [0.717, 1.165) is 6.42 Å². The fourth-order valence-electron chi connectivity index (χ4n) is 1.96. The molecule has 4 nitrogen and oxygen atoms in total. The molecule has 0 saturated heterocycles. The summed E-state index contributed by atoms with van der Waals surface area (Å²) >= 11 is 0. The van der Waals surface area contributed by atoms with Crippen LogP contribution in [0.2, 0.25) is 0 Å². The van der Waals surface area contributed by atoms with Gasteiger partial charge in [-0.1, -0.05) is 67.5 Å². The molecule has 0 aliphatic heterocycles. The molecule has 0 aromatic heterocycles. The van der Waals surface area contributed by atoms with Gasteiger partial charge < -0.3 is 20.0 Å². The molecule has 0 aromatic carbocycles. The smallest absolute Gasteiger partial charge is 0.327 e. The van der Waals surface area contributed by atoms with Gasteiger partial charge in [-0.25, -0.2) is 0 Å². The molecule has 4 N–H and O–H groups in total.